The summed E-state index contributed by atoms with van der Waals surface area (Å²) in [5.74, 6) is 0.398. The average Bonchev–Trinajstić information content (AvgIpc) is 2.67. The molecule has 0 saturated carbocycles. The van der Waals surface area contributed by atoms with Crippen LogP contribution in [0.5, 0.6) is 5.75 Å². The van der Waals surface area contributed by atoms with Gasteiger partial charge in [0.15, 0.2) is 0 Å². The van der Waals surface area contributed by atoms with E-state index in [4.69, 9.17) is 9.97 Å². The molecule has 0 amide bonds. The topological polar surface area (TPSA) is 49.2 Å². The zero-order chi connectivity index (χ0) is 24.4. The Morgan fingerprint density at radius 3 is 1.67 bits per heavy atom. The predicted octanol–water partition coefficient (Wildman–Crippen LogP) is 6.60. The first-order valence-corrected chi connectivity index (χ1v) is 11.8. The molecule has 0 radical (unpaired) electrons. The van der Waals surface area contributed by atoms with E-state index >= 15 is 0 Å². The molecule has 2 aromatic heterocycles. The normalized spacial score (nSPS) is 12.4. The molecule has 33 heavy (non-hydrogen) atoms. The summed E-state index contributed by atoms with van der Waals surface area (Å²) < 4.78 is 0. The Morgan fingerprint density at radius 2 is 1.24 bits per heavy atom. The van der Waals surface area contributed by atoms with Gasteiger partial charge in [0.2, 0.25) is 0 Å². The summed E-state index contributed by atoms with van der Waals surface area (Å²) in [7, 11) is 0. The SMILES string of the molecule is Cc1cccc(CN(Cc2cccc(C)n2)Cc2cc(C(C)(C)C)cc(C(C)(C)C)c2O)n1. The van der Waals surface area contributed by atoms with Crippen LogP contribution in [0.3, 0.4) is 0 Å². The van der Waals surface area contributed by atoms with Crippen LogP contribution in [0.2, 0.25) is 0 Å². The Balaban J connectivity index is 2.03. The first kappa shape index (κ1) is 24.9. The van der Waals surface area contributed by atoms with E-state index in [1.54, 1.807) is 0 Å². The van der Waals surface area contributed by atoms with Gasteiger partial charge in [-0.25, -0.2) is 0 Å². The first-order chi connectivity index (χ1) is 15.3. The van der Waals surface area contributed by atoms with E-state index in [1.165, 1.54) is 5.56 Å². The zero-order valence-corrected chi connectivity index (χ0v) is 21.5. The summed E-state index contributed by atoms with van der Waals surface area (Å²) in [5, 5.41) is 11.3. The van der Waals surface area contributed by atoms with Gasteiger partial charge in [-0.15, -0.1) is 0 Å². The number of benzene rings is 1. The third kappa shape index (κ3) is 6.64. The van der Waals surface area contributed by atoms with Crippen molar-refractivity contribution in [3.63, 3.8) is 0 Å². The van der Waals surface area contributed by atoms with Crippen LogP contribution in [-0.2, 0) is 30.5 Å². The van der Waals surface area contributed by atoms with E-state index in [0.717, 1.165) is 33.9 Å². The van der Waals surface area contributed by atoms with Gasteiger partial charge in [-0.1, -0.05) is 65.8 Å². The molecule has 2 heterocycles. The van der Waals surface area contributed by atoms with Crippen LogP contribution >= 0.6 is 0 Å². The smallest absolute Gasteiger partial charge is 0.123 e. The minimum absolute atomic E-state index is 0.0104. The van der Waals surface area contributed by atoms with E-state index in [-0.39, 0.29) is 10.8 Å². The average molecular weight is 446 g/mol. The lowest BCUT2D eigenvalue weighted by molar-refractivity contribution is 0.237. The highest BCUT2D eigenvalue weighted by Gasteiger charge is 2.26. The van der Waals surface area contributed by atoms with Crippen molar-refractivity contribution in [3.8, 4) is 5.75 Å². The van der Waals surface area contributed by atoms with Crippen molar-refractivity contribution in [1.82, 2.24) is 14.9 Å². The second-order valence-corrected chi connectivity index (χ2v) is 11.2. The van der Waals surface area contributed by atoms with E-state index in [0.29, 0.717) is 25.4 Å². The number of aromatic hydroxyl groups is 1. The quantitative estimate of drug-likeness (QED) is 0.464. The number of nitrogens with zero attached hydrogens (tertiary/aromatic N) is 3. The molecule has 0 atom stereocenters. The van der Waals surface area contributed by atoms with Gasteiger partial charge >= 0.3 is 0 Å². The fourth-order valence-corrected chi connectivity index (χ4v) is 4.06. The minimum atomic E-state index is -0.152. The van der Waals surface area contributed by atoms with Gasteiger partial charge in [0.05, 0.1) is 11.4 Å². The van der Waals surface area contributed by atoms with Gasteiger partial charge < -0.3 is 5.11 Å². The predicted molar refractivity (Wildman–Crippen MR) is 136 cm³/mol. The maximum absolute atomic E-state index is 11.3. The van der Waals surface area contributed by atoms with E-state index < -0.39 is 0 Å². The Kier molecular flexibility index (Phi) is 7.28. The standard InChI is InChI=1S/C29H39N3O/c1-20-11-9-13-24(30-20)18-32(19-25-14-10-12-21(2)31-25)17-22-15-23(28(3,4)5)16-26(27(22)33)29(6,7)8/h9-16,33H,17-19H2,1-8H3. The molecule has 0 unspecified atom stereocenters. The van der Waals surface area contributed by atoms with Crippen molar-refractivity contribution in [1.29, 1.82) is 0 Å². The van der Waals surface area contributed by atoms with E-state index in [2.05, 4.69) is 82.8 Å². The largest absolute Gasteiger partial charge is 0.507 e. The summed E-state index contributed by atoms with van der Waals surface area (Å²) in [6, 6.07) is 16.6. The highest BCUT2D eigenvalue weighted by atomic mass is 16.3. The van der Waals surface area contributed by atoms with Crippen molar-refractivity contribution in [2.45, 2.75) is 85.9 Å². The third-order valence-corrected chi connectivity index (χ3v) is 5.92. The highest BCUT2D eigenvalue weighted by Crippen LogP contribution is 2.38. The van der Waals surface area contributed by atoms with E-state index in [1.807, 2.05) is 26.0 Å². The Hall–Kier alpha value is -2.72. The molecule has 0 aliphatic carbocycles. The summed E-state index contributed by atoms with van der Waals surface area (Å²) in [6.45, 7) is 19.2. The monoisotopic (exact) mass is 445 g/mol. The minimum Gasteiger partial charge on any atom is -0.507 e. The number of rotatable bonds is 6. The second-order valence-electron chi connectivity index (χ2n) is 11.2. The van der Waals surface area contributed by atoms with Crippen molar-refractivity contribution in [2.75, 3.05) is 0 Å². The highest BCUT2D eigenvalue weighted by molar-refractivity contribution is 5.48. The lowest BCUT2D eigenvalue weighted by Crippen LogP contribution is -2.25. The molecule has 4 nitrogen and oxygen atoms in total. The molecule has 4 heteroatoms. The Morgan fingerprint density at radius 1 is 0.727 bits per heavy atom. The molecule has 176 valence electrons. The van der Waals surface area contributed by atoms with Gasteiger partial charge in [0, 0.05) is 36.6 Å². The lowest BCUT2D eigenvalue weighted by Gasteiger charge is -2.29. The van der Waals surface area contributed by atoms with Crippen molar-refractivity contribution >= 4 is 0 Å². The van der Waals surface area contributed by atoms with Gasteiger partial charge in [-0.3, -0.25) is 14.9 Å². The maximum atomic E-state index is 11.3. The van der Waals surface area contributed by atoms with Crippen LogP contribution < -0.4 is 0 Å². The fraction of sp³-hybridized carbons (Fsp3) is 0.448. The van der Waals surface area contributed by atoms with Crippen LogP contribution in [-0.4, -0.2) is 20.0 Å². The van der Waals surface area contributed by atoms with Gasteiger partial charge in [0.25, 0.3) is 0 Å². The molecule has 1 aromatic carbocycles. The Labute approximate surface area is 199 Å². The van der Waals surface area contributed by atoms with Crippen LogP contribution in [0.25, 0.3) is 0 Å². The van der Waals surface area contributed by atoms with Crippen LogP contribution in [0.1, 0.15) is 81.0 Å². The number of aryl methyl sites for hydroxylation is 2. The number of phenols is 1. The molecule has 0 fully saturated rings. The fourth-order valence-electron chi connectivity index (χ4n) is 4.06. The van der Waals surface area contributed by atoms with Crippen molar-refractivity contribution in [2.24, 2.45) is 0 Å². The van der Waals surface area contributed by atoms with Gasteiger partial charge in [-0.2, -0.15) is 0 Å². The molecule has 3 rings (SSSR count). The summed E-state index contributed by atoms with van der Waals surface area (Å²) in [5.41, 5.74) is 7.07. The number of pyridine rings is 2. The maximum Gasteiger partial charge on any atom is 0.123 e. The van der Waals surface area contributed by atoms with Crippen LogP contribution in [0.15, 0.2) is 48.5 Å². The van der Waals surface area contributed by atoms with Crippen LogP contribution in [0.4, 0.5) is 0 Å². The van der Waals surface area contributed by atoms with E-state index in [9.17, 15) is 5.11 Å². The first-order valence-electron chi connectivity index (χ1n) is 11.8. The van der Waals surface area contributed by atoms with Gasteiger partial charge in [-0.05, 0) is 60.1 Å². The molecular weight excluding hydrogens is 406 g/mol. The lowest BCUT2D eigenvalue weighted by atomic mass is 9.79. The number of aromatic nitrogens is 2. The van der Waals surface area contributed by atoms with Crippen molar-refractivity contribution in [3.05, 3.63) is 88.0 Å². The van der Waals surface area contributed by atoms with Gasteiger partial charge in [0.1, 0.15) is 5.75 Å². The molecular formula is C29H39N3O. The zero-order valence-electron chi connectivity index (χ0n) is 21.5. The number of hydrogen-bond acceptors (Lipinski definition) is 4. The second kappa shape index (κ2) is 9.64. The Bertz CT molecular complexity index is 1060. The third-order valence-electron chi connectivity index (χ3n) is 5.92. The molecule has 0 aliphatic rings. The summed E-state index contributed by atoms with van der Waals surface area (Å²) in [6.07, 6.45) is 0. The molecule has 1 N–H and O–H groups in total. The summed E-state index contributed by atoms with van der Waals surface area (Å²) in [4.78, 5) is 11.8. The molecule has 0 aliphatic heterocycles. The molecule has 0 saturated heterocycles. The molecule has 0 spiro atoms. The summed E-state index contributed by atoms with van der Waals surface area (Å²) >= 11 is 0. The number of hydrogen-bond donors (Lipinski definition) is 1. The molecule has 0 bridgehead atoms. The van der Waals surface area contributed by atoms with Crippen molar-refractivity contribution < 1.29 is 5.11 Å². The van der Waals surface area contributed by atoms with Crippen LogP contribution in [0, 0.1) is 13.8 Å². The molecule has 3 aromatic rings. The number of phenolic OH excluding ortho intramolecular Hbond substituents is 1.